The quantitative estimate of drug-likeness (QED) is 0.151. The summed E-state index contributed by atoms with van der Waals surface area (Å²) in [6.45, 7) is 12.4. The van der Waals surface area contributed by atoms with Gasteiger partial charge in [-0.05, 0) is 48.5 Å². The van der Waals surface area contributed by atoms with Gasteiger partial charge < -0.3 is 4.74 Å². The molecule has 0 atom stereocenters. The van der Waals surface area contributed by atoms with Gasteiger partial charge in [0, 0.05) is 0 Å². The molecule has 22 heavy (non-hydrogen) atoms. The first-order valence-electron chi connectivity index (χ1n) is 6.51. The second kappa shape index (κ2) is 11.8. The zero-order chi connectivity index (χ0) is 18.0. The third-order valence-electron chi connectivity index (χ3n) is 1.63. The standard InChI is InChI=1S/C13H26O6.2HI.V/c1-11(2,3)16-18-13(7,9-10(14)15-8)19-17-12(4,5)6;;;/h9H2,1-8H3;2*1H;/q;;;+2/p-2. The first kappa shape index (κ1) is 25.6. The van der Waals surface area contributed by atoms with Crippen molar-refractivity contribution in [1.82, 2.24) is 0 Å². The number of esters is 1. The van der Waals surface area contributed by atoms with Gasteiger partial charge in [0.2, 0.25) is 5.79 Å². The molecule has 133 valence electrons. The van der Waals surface area contributed by atoms with Crippen molar-refractivity contribution in [1.29, 1.82) is 0 Å². The van der Waals surface area contributed by atoms with Gasteiger partial charge in [-0.3, -0.25) is 4.79 Å². The molecule has 0 aromatic rings. The molecule has 0 N–H and O–H groups in total. The number of hydrogen-bond donors (Lipinski definition) is 0. The number of hydrogen-bond acceptors (Lipinski definition) is 6. The Bertz CT molecular complexity index is 297. The van der Waals surface area contributed by atoms with Gasteiger partial charge >= 0.3 is 55.4 Å². The summed E-state index contributed by atoms with van der Waals surface area (Å²) in [6, 6.07) is 0. The van der Waals surface area contributed by atoms with Crippen LogP contribution in [0, 0.1) is 0 Å². The molecule has 0 unspecified atom stereocenters. The van der Waals surface area contributed by atoms with Gasteiger partial charge in [0.05, 0.1) is 18.3 Å². The molecule has 0 spiro atoms. The van der Waals surface area contributed by atoms with Crippen molar-refractivity contribution in [3.8, 4) is 0 Å². The van der Waals surface area contributed by atoms with Crippen molar-refractivity contribution in [2.75, 3.05) is 7.11 Å². The van der Waals surface area contributed by atoms with Crippen LogP contribution in [0.25, 0.3) is 0 Å². The van der Waals surface area contributed by atoms with Crippen LogP contribution in [0.15, 0.2) is 0 Å². The molecule has 0 amide bonds. The average Bonchev–Trinajstić information content (AvgIpc) is 2.34. The van der Waals surface area contributed by atoms with Crippen LogP contribution < -0.4 is 0 Å². The van der Waals surface area contributed by atoms with Gasteiger partial charge in [-0.1, -0.05) is 0 Å². The van der Waals surface area contributed by atoms with Crippen molar-refractivity contribution < 1.29 is 38.5 Å². The Hall–Kier alpha value is 1.35. The Morgan fingerprint density at radius 3 is 1.41 bits per heavy atom. The van der Waals surface area contributed by atoms with Gasteiger partial charge in [-0.15, -0.1) is 0 Å². The van der Waals surface area contributed by atoms with Crippen LogP contribution in [-0.4, -0.2) is 30.1 Å². The molecule has 0 aliphatic rings. The number of carbonyl (C=O) groups excluding carboxylic acids is 1. The van der Waals surface area contributed by atoms with Gasteiger partial charge in [-0.25, -0.2) is 9.78 Å². The summed E-state index contributed by atoms with van der Waals surface area (Å²) < 4.78 is 4.60. The van der Waals surface area contributed by atoms with E-state index in [2.05, 4.69) is 44.7 Å². The summed E-state index contributed by atoms with van der Waals surface area (Å²) in [5.41, 5.74) is -1.08. The number of ether oxygens (including phenoxy) is 1. The Balaban J connectivity index is 0. The predicted octanol–water partition coefficient (Wildman–Crippen LogP) is 4.53. The molecule has 0 aromatic heterocycles. The number of carbonyl (C=O) groups is 1. The molecule has 0 bridgehead atoms. The number of methoxy groups -OCH3 is 1. The molecule has 0 saturated carbocycles. The Labute approximate surface area is 162 Å². The van der Waals surface area contributed by atoms with E-state index in [0.717, 1.165) is 0 Å². The predicted molar refractivity (Wildman–Crippen MR) is 96.9 cm³/mol. The van der Waals surface area contributed by atoms with E-state index in [1.54, 1.807) is 6.92 Å². The van der Waals surface area contributed by atoms with Crippen LogP contribution in [0.2, 0.25) is 0 Å². The number of halogens is 2. The summed E-state index contributed by atoms with van der Waals surface area (Å²) in [7, 11) is 1.92. The second-order valence-corrected chi connectivity index (χ2v) is 18.3. The van der Waals surface area contributed by atoms with Crippen molar-refractivity contribution in [3.63, 3.8) is 0 Å². The number of rotatable bonds is 6. The summed E-state index contributed by atoms with van der Waals surface area (Å²) >= 11 is 4.74. The molecule has 6 nitrogen and oxygen atoms in total. The zero-order valence-electron chi connectivity index (χ0n) is 14.4. The molecule has 0 aliphatic heterocycles. The summed E-state index contributed by atoms with van der Waals surface area (Å²) in [4.78, 5) is 32.2. The molecule has 0 saturated heterocycles. The van der Waals surface area contributed by atoms with E-state index < -0.39 is 23.0 Å². The Morgan fingerprint density at radius 1 is 0.864 bits per heavy atom. The van der Waals surface area contributed by atoms with Crippen LogP contribution in [0.5, 0.6) is 0 Å². The molecule has 0 aromatic carbocycles. The Morgan fingerprint density at radius 2 is 1.18 bits per heavy atom. The molecule has 0 heterocycles. The molecule has 0 fully saturated rings. The summed E-state index contributed by atoms with van der Waals surface area (Å²) in [5.74, 6) is -1.87. The van der Waals surface area contributed by atoms with E-state index in [4.69, 9.17) is 19.6 Å². The zero-order valence-corrected chi connectivity index (χ0v) is 20.1. The Kier molecular flexibility index (Phi) is 13.8. The summed E-state index contributed by atoms with van der Waals surface area (Å²) in [6.07, 6.45) is -0.157. The van der Waals surface area contributed by atoms with E-state index in [1.807, 2.05) is 41.5 Å². The fourth-order valence-electron chi connectivity index (χ4n) is 0.833. The van der Waals surface area contributed by atoms with Crippen LogP contribution in [0.4, 0.5) is 0 Å². The monoisotopic (exact) mass is 583 g/mol. The fraction of sp³-hybridized carbons (Fsp3) is 0.923. The van der Waals surface area contributed by atoms with Gasteiger partial charge in [0.25, 0.3) is 0 Å². The van der Waals surface area contributed by atoms with Crippen molar-refractivity contribution in [2.45, 2.75) is 71.9 Å². The molecular formula is C13H26I2O6V. The minimum atomic E-state index is -1.38. The molecule has 0 rings (SSSR count). The van der Waals surface area contributed by atoms with Crippen molar-refractivity contribution >= 4 is 45.9 Å². The summed E-state index contributed by atoms with van der Waals surface area (Å²) in [5, 5.41) is 0. The van der Waals surface area contributed by atoms with Gasteiger partial charge in [0.15, 0.2) is 0 Å². The molecule has 0 radical (unpaired) electrons. The third kappa shape index (κ3) is 17.7. The van der Waals surface area contributed by atoms with Crippen molar-refractivity contribution in [2.24, 2.45) is 0 Å². The van der Waals surface area contributed by atoms with E-state index >= 15 is 0 Å². The third-order valence-corrected chi connectivity index (χ3v) is 1.63. The van der Waals surface area contributed by atoms with Crippen LogP contribution >= 0.6 is 40.0 Å². The maximum atomic E-state index is 11.4. The van der Waals surface area contributed by atoms with Crippen molar-refractivity contribution in [3.05, 3.63) is 0 Å². The van der Waals surface area contributed by atoms with Crippen LogP contribution in [0.3, 0.4) is 0 Å². The molecule has 9 heteroatoms. The average molecular weight is 583 g/mol. The van der Waals surface area contributed by atoms with Gasteiger partial charge in [0.1, 0.15) is 6.42 Å². The molecular weight excluding hydrogens is 557 g/mol. The van der Waals surface area contributed by atoms with Crippen LogP contribution in [-0.2, 0) is 38.5 Å². The maximum absolute atomic E-state index is 11.4. The first-order valence-corrected chi connectivity index (χ1v) is 15.5. The minimum absolute atomic E-state index is 0.157. The SMILES string of the molecule is COC(=O)CC(C)(OOC(C)(C)C)OOC(C)(C)C.[I][V][I]. The normalized spacial score (nSPS) is 12.3. The first-order chi connectivity index (χ1) is 9.78. The van der Waals surface area contributed by atoms with Crippen LogP contribution in [0.1, 0.15) is 54.9 Å². The molecule has 0 aliphatic carbocycles. The van der Waals surface area contributed by atoms with E-state index in [1.165, 1.54) is 7.11 Å². The van der Waals surface area contributed by atoms with E-state index in [-0.39, 0.29) is 6.42 Å². The van der Waals surface area contributed by atoms with E-state index in [9.17, 15) is 4.79 Å². The van der Waals surface area contributed by atoms with Gasteiger partial charge in [-0.2, -0.15) is 9.78 Å². The second-order valence-electron chi connectivity index (χ2n) is 6.51. The topological polar surface area (TPSA) is 63.2 Å². The fourth-order valence-corrected chi connectivity index (χ4v) is 0.833. The van der Waals surface area contributed by atoms with E-state index in [0.29, 0.717) is 9.47 Å².